The summed E-state index contributed by atoms with van der Waals surface area (Å²) in [7, 11) is 0. The fourth-order valence-electron chi connectivity index (χ4n) is 0.585. The van der Waals surface area contributed by atoms with Gasteiger partial charge in [-0.25, -0.2) is 0 Å². The molecule has 0 rings (SSSR count). The molecule has 0 unspecified atom stereocenters. The number of allylic oxidation sites excluding steroid dienone is 2. The van der Waals surface area contributed by atoms with Gasteiger partial charge in [-0.3, -0.25) is 0 Å². The number of nitrogens with zero attached hydrogens (tertiary/aromatic N) is 2. The van der Waals surface area contributed by atoms with Crippen molar-refractivity contribution in [3.05, 3.63) is 37.2 Å². The molecule has 0 spiro atoms. The summed E-state index contributed by atoms with van der Waals surface area (Å²) < 4.78 is 0. The zero-order valence-electron chi connectivity index (χ0n) is 7.12. The predicted molar refractivity (Wildman–Crippen MR) is 48.2 cm³/mol. The van der Waals surface area contributed by atoms with Gasteiger partial charge < -0.3 is 0 Å². The molecule has 0 bridgehead atoms. The molecule has 0 aliphatic rings. The van der Waals surface area contributed by atoms with Crippen molar-refractivity contribution in [2.75, 3.05) is 0 Å². The Morgan fingerprint density at radius 3 is 2.27 bits per heavy atom. The minimum atomic E-state index is 0.441. The summed E-state index contributed by atoms with van der Waals surface area (Å²) in [6.07, 6.45) is 4.88. The van der Waals surface area contributed by atoms with Crippen LogP contribution in [-0.2, 0) is 0 Å². The van der Waals surface area contributed by atoms with Gasteiger partial charge >= 0.3 is 0 Å². The first-order valence-corrected chi connectivity index (χ1v) is 3.55. The molecule has 11 heavy (non-hydrogen) atoms. The quantitative estimate of drug-likeness (QED) is 0.434. The van der Waals surface area contributed by atoms with Gasteiger partial charge in [0.25, 0.3) is 0 Å². The van der Waals surface area contributed by atoms with E-state index in [2.05, 4.69) is 37.2 Å². The Hall–Kier alpha value is -1.18. The van der Waals surface area contributed by atoms with Crippen LogP contribution in [0.1, 0.15) is 13.8 Å². The lowest BCUT2D eigenvalue weighted by Crippen LogP contribution is -1.88. The molecule has 0 aromatic rings. The number of azo groups is 1. The molecule has 2 heteroatoms. The Bertz CT molecular complexity index is 188. The monoisotopic (exact) mass is 150 g/mol. The Kier molecular flexibility index (Phi) is 4.99. The predicted octanol–water partition coefficient (Wildman–Crippen LogP) is 3.31. The molecule has 2 nitrogen and oxygen atoms in total. The third kappa shape index (κ3) is 4.25. The van der Waals surface area contributed by atoms with Crippen LogP contribution in [-0.4, -0.2) is 0 Å². The van der Waals surface area contributed by atoms with Gasteiger partial charge in [0.15, 0.2) is 0 Å². The maximum atomic E-state index is 3.76. The van der Waals surface area contributed by atoms with Crippen LogP contribution in [0, 0.1) is 5.92 Å². The molecule has 0 saturated carbocycles. The summed E-state index contributed by atoms with van der Waals surface area (Å²) in [5, 5.41) is 7.36. The Balaban J connectivity index is 4.23. The highest BCUT2D eigenvalue weighted by Crippen LogP contribution is 2.09. The first-order chi connectivity index (χ1) is 5.22. The van der Waals surface area contributed by atoms with Crippen LogP contribution in [0.5, 0.6) is 0 Å². The van der Waals surface area contributed by atoms with Gasteiger partial charge in [0.05, 0.1) is 6.20 Å². The summed E-state index contributed by atoms with van der Waals surface area (Å²) in [4.78, 5) is 0. The van der Waals surface area contributed by atoms with Crippen molar-refractivity contribution in [3.63, 3.8) is 0 Å². The highest BCUT2D eigenvalue weighted by Gasteiger charge is 1.95. The van der Waals surface area contributed by atoms with Crippen molar-refractivity contribution >= 4 is 0 Å². The Morgan fingerprint density at radius 2 is 1.91 bits per heavy atom. The van der Waals surface area contributed by atoms with Gasteiger partial charge in [-0.05, 0) is 11.5 Å². The normalized spacial score (nSPS) is 12.5. The van der Waals surface area contributed by atoms with Gasteiger partial charge in [-0.2, -0.15) is 10.2 Å². The summed E-state index contributed by atoms with van der Waals surface area (Å²) >= 11 is 0. The third-order valence-corrected chi connectivity index (χ3v) is 1.26. The van der Waals surface area contributed by atoms with Crippen molar-refractivity contribution in [1.82, 2.24) is 0 Å². The standard InChI is InChI=1S/C9H14N2/c1-5-9(8(3)4)7-11-10-6-2/h5-8H,1-2H2,3-4H3/b9-7+,11-10-. The van der Waals surface area contributed by atoms with Crippen molar-refractivity contribution in [1.29, 1.82) is 0 Å². The van der Waals surface area contributed by atoms with E-state index in [9.17, 15) is 0 Å². The molecular weight excluding hydrogens is 136 g/mol. The average molecular weight is 150 g/mol. The fourth-order valence-corrected chi connectivity index (χ4v) is 0.585. The highest BCUT2D eigenvalue weighted by atomic mass is 15.1. The molecule has 0 fully saturated rings. The smallest absolute Gasteiger partial charge is 0.0530 e. The second-order valence-corrected chi connectivity index (χ2v) is 2.40. The molecule has 0 aliphatic carbocycles. The van der Waals surface area contributed by atoms with Crippen LogP contribution in [0.25, 0.3) is 0 Å². The van der Waals surface area contributed by atoms with Gasteiger partial charge in [0.2, 0.25) is 0 Å². The van der Waals surface area contributed by atoms with E-state index in [1.165, 1.54) is 6.20 Å². The van der Waals surface area contributed by atoms with Crippen LogP contribution >= 0.6 is 0 Å². The first-order valence-electron chi connectivity index (χ1n) is 3.55. The summed E-state index contributed by atoms with van der Waals surface area (Å²) in [6, 6.07) is 0. The van der Waals surface area contributed by atoms with Crippen LogP contribution in [0.3, 0.4) is 0 Å². The number of rotatable bonds is 4. The Labute approximate surface area is 68.0 Å². The average Bonchev–Trinajstić information content (AvgIpc) is 1.97. The second kappa shape index (κ2) is 5.59. The minimum Gasteiger partial charge on any atom is -0.160 e. The lowest BCUT2D eigenvalue weighted by Gasteiger charge is -2.01. The summed E-state index contributed by atoms with van der Waals surface area (Å²) in [6.45, 7) is 11.2. The maximum absolute atomic E-state index is 3.76. The molecule has 0 aliphatic heterocycles. The SMILES string of the molecule is C=C/N=N\C=C(/C=C)C(C)C. The van der Waals surface area contributed by atoms with E-state index in [1.54, 1.807) is 12.3 Å². The zero-order valence-corrected chi connectivity index (χ0v) is 7.12. The zero-order chi connectivity index (χ0) is 8.69. The van der Waals surface area contributed by atoms with E-state index >= 15 is 0 Å². The maximum Gasteiger partial charge on any atom is 0.0530 e. The highest BCUT2D eigenvalue weighted by molar-refractivity contribution is 5.17. The van der Waals surface area contributed by atoms with E-state index in [0.717, 1.165) is 5.57 Å². The van der Waals surface area contributed by atoms with Crippen LogP contribution in [0.4, 0.5) is 0 Å². The molecule has 0 aromatic heterocycles. The van der Waals surface area contributed by atoms with Crippen molar-refractivity contribution in [3.8, 4) is 0 Å². The molecule has 0 heterocycles. The largest absolute Gasteiger partial charge is 0.160 e. The van der Waals surface area contributed by atoms with Crippen molar-refractivity contribution in [2.45, 2.75) is 13.8 Å². The first kappa shape index (κ1) is 9.82. The summed E-state index contributed by atoms with van der Waals surface area (Å²) in [5.41, 5.74) is 1.08. The lowest BCUT2D eigenvalue weighted by atomic mass is 10.1. The lowest BCUT2D eigenvalue weighted by molar-refractivity contribution is 0.787. The van der Waals surface area contributed by atoms with Gasteiger partial charge in [-0.15, -0.1) is 0 Å². The Morgan fingerprint density at radius 1 is 1.27 bits per heavy atom. The van der Waals surface area contributed by atoms with E-state index in [0.29, 0.717) is 5.92 Å². The van der Waals surface area contributed by atoms with Crippen LogP contribution in [0.15, 0.2) is 47.4 Å². The molecule has 0 saturated heterocycles. The van der Waals surface area contributed by atoms with Crippen molar-refractivity contribution in [2.24, 2.45) is 16.1 Å². The molecule has 0 radical (unpaired) electrons. The van der Waals surface area contributed by atoms with Gasteiger partial charge in [0, 0.05) is 6.20 Å². The summed E-state index contributed by atoms with van der Waals surface area (Å²) in [5.74, 6) is 0.441. The molecule has 0 atom stereocenters. The van der Waals surface area contributed by atoms with Gasteiger partial charge in [-0.1, -0.05) is 33.1 Å². The number of hydrogen-bond donors (Lipinski definition) is 0. The van der Waals surface area contributed by atoms with E-state index in [1.807, 2.05) is 0 Å². The molecule has 0 aromatic carbocycles. The fraction of sp³-hybridized carbons (Fsp3) is 0.333. The number of hydrogen-bond acceptors (Lipinski definition) is 2. The second-order valence-electron chi connectivity index (χ2n) is 2.40. The van der Waals surface area contributed by atoms with Gasteiger partial charge in [0.1, 0.15) is 0 Å². The van der Waals surface area contributed by atoms with Crippen molar-refractivity contribution < 1.29 is 0 Å². The topological polar surface area (TPSA) is 24.7 Å². The van der Waals surface area contributed by atoms with E-state index in [4.69, 9.17) is 0 Å². The molecule has 0 amide bonds. The van der Waals surface area contributed by atoms with Crippen LogP contribution < -0.4 is 0 Å². The van der Waals surface area contributed by atoms with Crippen LogP contribution in [0.2, 0.25) is 0 Å². The molecule has 60 valence electrons. The third-order valence-electron chi connectivity index (χ3n) is 1.26. The minimum absolute atomic E-state index is 0.441. The molecule has 0 N–H and O–H groups in total. The van der Waals surface area contributed by atoms with E-state index in [-0.39, 0.29) is 0 Å². The molecular formula is C9H14N2. The van der Waals surface area contributed by atoms with E-state index < -0.39 is 0 Å².